The molecule has 0 saturated carbocycles. The van der Waals surface area contributed by atoms with E-state index in [0.29, 0.717) is 36.0 Å². The Morgan fingerprint density at radius 3 is 2.62 bits per heavy atom. The van der Waals surface area contributed by atoms with Crippen molar-refractivity contribution in [2.24, 2.45) is 5.14 Å². The molecule has 1 aliphatic carbocycles. The lowest BCUT2D eigenvalue weighted by atomic mass is 10.1. The zero-order chi connectivity index (χ0) is 20.9. The minimum absolute atomic E-state index is 0.101. The number of rotatable bonds is 4. The second-order valence-corrected chi connectivity index (χ2v) is 9.75. The van der Waals surface area contributed by atoms with Crippen molar-refractivity contribution in [1.29, 1.82) is 0 Å². The van der Waals surface area contributed by atoms with Crippen molar-refractivity contribution in [3.05, 3.63) is 57.3 Å². The molecule has 2 aliphatic rings. The van der Waals surface area contributed by atoms with Crippen molar-refractivity contribution >= 4 is 33.2 Å². The first-order chi connectivity index (χ1) is 13.6. The third-order valence-corrected chi connectivity index (χ3v) is 6.88. The van der Waals surface area contributed by atoms with Crippen molar-refractivity contribution in [3.63, 3.8) is 0 Å². The quantitative estimate of drug-likeness (QED) is 0.731. The van der Waals surface area contributed by atoms with Gasteiger partial charge in [-0.05, 0) is 48.7 Å². The summed E-state index contributed by atoms with van der Waals surface area (Å²) in [5, 5.41) is 15.9. The summed E-state index contributed by atoms with van der Waals surface area (Å²) in [6, 6.07) is 6.51. The third kappa shape index (κ3) is 4.10. The number of fused-ring (bicyclic) bond motifs is 1. The predicted octanol–water partition coefficient (Wildman–Crippen LogP) is 2.89. The number of halogens is 3. The molecule has 29 heavy (non-hydrogen) atoms. The lowest BCUT2D eigenvalue weighted by molar-refractivity contribution is 0.0790. The average Bonchev–Trinajstić information content (AvgIpc) is 3.20. The summed E-state index contributed by atoms with van der Waals surface area (Å²) in [5.74, 6) is -0.936. The van der Waals surface area contributed by atoms with E-state index in [1.165, 1.54) is 12.1 Å². The van der Waals surface area contributed by atoms with Crippen LogP contribution in [-0.2, 0) is 16.4 Å². The van der Waals surface area contributed by atoms with Gasteiger partial charge in [0.15, 0.2) is 11.6 Å². The van der Waals surface area contributed by atoms with Gasteiger partial charge in [-0.3, -0.25) is 4.90 Å². The van der Waals surface area contributed by atoms with E-state index < -0.39 is 28.0 Å². The Morgan fingerprint density at radius 2 is 2.00 bits per heavy atom. The zero-order valence-electron chi connectivity index (χ0n) is 15.2. The fraction of sp³-hybridized carbons (Fsp3) is 0.368. The molecular weight excluding hydrogens is 442 g/mol. The highest BCUT2D eigenvalue weighted by atomic mass is 35.5. The molecule has 1 aliphatic heterocycles. The van der Waals surface area contributed by atoms with Gasteiger partial charge in [-0.1, -0.05) is 23.2 Å². The molecule has 0 aromatic heterocycles. The topological polar surface area (TPSA) is 92.9 Å². The van der Waals surface area contributed by atoms with E-state index in [1.54, 1.807) is 12.1 Å². The smallest absolute Gasteiger partial charge is 0.238 e. The average molecular weight is 461 g/mol. The molecule has 1 unspecified atom stereocenters. The van der Waals surface area contributed by atoms with Crippen LogP contribution in [0.25, 0.3) is 0 Å². The number of ether oxygens (including phenoxy) is 1. The highest BCUT2D eigenvalue weighted by Crippen LogP contribution is 2.43. The minimum Gasteiger partial charge on any atom is -0.481 e. The third-order valence-electron chi connectivity index (χ3n) is 5.41. The maximum Gasteiger partial charge on any atom is 0.238 e. The first kappa shape index (κ1) is 20.8. The Balaban J connectivity index is 1.71. The number of hydrogen-bond donors (Lipinski definition) is 2. The van der Waals surface area contributed by atoms with Crippen LogP contribution in [0, 0.1) is 5.82 Å². The standard InChI is InChI=1S/C19H19Cl2FN2O4S/c20-10-5-14-13(15(21)6-10)8-17(24-4-3-11(25)9-24)19(14)28-18-2-1-12(7-16(18)22)29(23,26)27/h1-2,5-7,11,17,19,25H,3-4,8-9H2,(H2,23,26,27)/t11?,17-,19-/m0/s1. The summed E-state index contributed by atoms with van der Waals surface area (Å²) in [6.07, 6.45) is 0.205. The second-order valence-electron chi connectivity index (χ2n) is 7.34. The van der Waals surface area contributed by atoms with Gasteiger partial charge < -0.3 is 9.84 Å². The van der Waals surface area contributed by atoms with Gasteiger partial charge in [-0.2, -0.15) is 0 Å². The number of nitrogens with two attached hydrogens (primary N) is 1. The molecule has 6 nitrogen and oxygen atoms in total. The zero-order valence-corrected chi connectivity index (χ0v) is 17.5. The van der Waals surface area contributed by atoms with Crippen molar-refractivity contribution in [1.82, 2.24) is 4.90 Å². The van der Waals surface area contributed by atoms with Crippen LogP contribution in [0.15, 0.2) is 35.2 Å². The number of sulfonamides is 1. The fourth-order valence-electron chi connectivity index (χ4n) is 4.04. The maximum atomic E-state index is 14.6. The van der Waals surface area contributed by atoms with Gasteiger partial charge in [0, 0.05) is 28.7 Å². The summed E-state index contributed by atoms with van der Waals surface area (Å²) in [7, 11) is -4.03. The van der Waals surface area contributed by atoms with E-state index >= 15 is 0 Å². The van der Waals surface area contributed by atoms with Crippen LogP contribution in [0.2, 0.25) is 10.0 Å². The van der Waals surface area contributed by atoms with Crippen molar-refractivity contribution in [3.8, 4) is 5.75 Å². The Kier molecular flexibility index (Phi) is 5.52. The first-order valence-electron chi connectivity index (χ1n) is 9.02. The van der Waals surface area contributed by atoms with Gasteiger partial charge >= 0.3 is 0 Å². The molecule has 4 rings (SSSR count). The normalized spacial score (nSPS) is 24.7. The number of aliphatic hydroxyl groups excluding tert-OH is 1. The molecule has 3 atom stereocenters. The number of benzene rings is 2. The number of aliphatic hydroxyl groups is 1. The van der Waals surface area contributed by atoms with Crippen molar-refractivity contribution in [2.75, 3.05) is 13.1 Å². The molecule has 1 saturated heterocycles. The van der Waals surface area contributed by atoms with Crippen LogP contribution in [0.5, 0.6) is 5.75 Å². The summed E-state index contributed by atoms with van der Waals surface area (Å²) < 4.78 is 43.5. The minimum atomic E-state index is -4.03. The van der Waals surface area contributed by atoms with Gasteiger partial charge in [0.05, 0.1) is 17.0 Å². The number of nitrogens with zero attached hydrogens (tertiary/aromatic N) is 1. The Morgan fingerprint density at radius 1 is 1.24 bits per heavy atom. The lowest BCUT2D eigenvalue weighted by Crippen LogP contribution is -2.39. The van der Waals surface area contributed by atoms with E-state index in [0.717, 1.165) is 17.2 Å². The highest BCUT2D eigenvalue weighted by molar-refractivity contribution is 7.89. The summed E-state index contributed by atoms with van der Waals surface area (Å²) in [6.45, 7) is 1.16. The van der Waals surface area contributed by atoms with Crippen LogP contribution in [-0.4, -0.2) is 43.7 Å². The number of likely N-dealkylation sites (tertiary alicyclic amines) is 1. The summed E-state index contributed by atoms with van der Waals surface area (Å²) in [5.41, 5.74) is 1.62. The Bertz CT molecular complexity index is 1070. The molecule has 3 N–H and O–H groups in total. The number of primary sulfonamides is 1. The van der Waals surface area contributed by atoms with E-state index in [9.17, 15) is 17.9 Å². The molecule has 0 radical (unpaired) electrons. The van der Waals surface area contributed by atoms with Crippen LogP contribution in [0.3, 0.4) is 0 Å². The molecule has 0 amide bonds. The molecule has 0 bridgehead atoms. The molecule has 156 valence electrons. The van der Waals surface area contributed by atoms with E-state index in [2.05, 4.69) is 4.90 Å². The molecule has 2 aromatic carbocycles. The molecule has 0 spiro atoms. The van der Waals surface area contributed by atoms with E-state index in [4.69, 9.17) is 33.1 Å². The van der Waals surface area contributed by atoms with Gasteiger partial charge in [-0.25, -0.2) is 17.9 Å². The van der Waals surface area contributed by atoms with Crippen molar-refractivity contribution < 1.29 is 22.7 Å². The Labute approximate surface area is 178 Å². The van der Waals surface area contributed by atoms with Crippen LogP contribution in [0.4, 0.5) is 4.39 Å². The summed E-state index contributed by atoms with van der Waals surface area (Å²) >= 11 is 12.6. The predicted molar refractivity (Wildman–Crippen MR) is 107 cm³/mol. The van der Waals surface area contributed by atoms with E-state index in [1.807, 2.05) is 0 Å². The van der Waals surface area contributed by atoms with Crippen LogP contribution < -0.4 is 9.88 Å². The molecule has 1 fully saturated rings. The fourth-order valence-corrected chi connectivity index (χ4v) is 5.15. The first-order valence-corrected chi connectivity index (χ1v) is 11.3. The van der Waals surface area contributed by atoms with Gasteiger partial charge in [0.2, 0.25) is 10.0 Å². The number of hydrogen-bond acceptors (Lipinski definition) is 5. The van der Waals surface area contributed by atoms with Crippen LogP contribution >= 0.6 is 23.2 Å². The number of β-amino-alcohol motifs (C(OH)–C–C–N with tert-alkyl or cyclic N) is 1. The molecule has 10 heteroatoms. The van der Waals surface area contributed by atoms with Crippen LogP contribution in [0.1, 0.15) is 23.7 Å². The lowest BCUT2D eigenvalue weighted by Gasteiger charge is -2.30. The molecule has 1 heterocycles. The monoisotopic (exact) mass is 460 g/mol. The largest absolute Gasteiger partial charge is 0.481 e. The molecular formula is C19H19Cl2FN2O4S. The SMILES string of the molecule is NS(=O)(=O)c1ccc(O[C@H]2c3cc(Cl)cc(Cl)c3C[C@@H]2N2CCC(O)C2)c(F)c1. The van der Waals surface area contributed by atoms with Crippen molar-refractivity contribution in [2.45, 2.75) is 36.0 Å². The van der Waals surface area contributed by atoms with E-state index in [-0.39, 0.29) is 16.7 Å². The maximum absolute atomic E-state index is 14.6. The van der Waals surface area contributed by atoms with Gasteiger partial charge in [0.1, 0.15) is 6.10 Å². The van der Waals surface area contributed by atoms with Gasteiger partial charge in [-0.15, -0.1) is 0 Å². The summed E-state index contributed by atoms with van der Waals surface area (Å²) in [4.78, 5) is 1.76. The Hall–Kier alpha value is -1.42. The highest BCUT2D eigenvalue weighted by Gasteiger charge is 2.42. The second kappa shape index (κ2) is 7.68. The van der Waals surface area contributed by atoms with Gasteiger partial charge in [0.25, 0.3) is 0 Å². The molecule has 2 aromatic rings.